The van der Waals surface area contributed by atoms with Gasteiger partial charge in [-0.1, -0.05) is 248 Å². The van der Waals surface area contributed by atoms with Crippen molar-refractivity contribution in [2.75, 3.05) is 13.2 Å². The van der Waals surface area contributed by atoms with Crippen LogP contribution in [0.3, 0.4) is 0 Å². The number of carbonyl (C=O) groups is 3. The number of rotatable bonds is 50. The maximum absolute atomic E-state index is 12.8. The van der Waals surface area contributed by atoms with Gasteiger partial charge in [-0.15, -0.1) is 0 Å². The fraction of sp³-hybridized carbons (Fsp3) is 0.780. The minimum absolute atomic E-state index is 0.0794. The Morgan fingerprint density at radius 1 is 0.338 bits per heavy atom. The van der Waals surface area contributed by atoms with Crippen molar-refractivity contribution in [1.82, 2.24) is 0 Å². The molecule has 0 saturated carbocycles. The molecule has 0 rings (SSSR count). The molecule has 65 heavy (non-hydrogen) atoms. The summed E-state index contributed by atoms with van der Waals surface area (Å²) in [6, 6.07) is 0. The lowest BCUT2D eigenvalue weighted by atomic mass is 10.0. The molecule has 0 heterocycles. The van der Waals surface area contributed by atoms with Gasteiger partial charge in [0.15, 0.2) is 6.10 Å². The second-order valence-corrected chi connectivity index (χ2v) is 18.5. The number of allylic oxidation sites excluding steroid dienone is 10. The Labute approximate surface area is 402 Å². The van der Waals surface area contributed by atoms with Gasteiger partial charge in [-0.3, -0.25) is 14.4 Å². The molecule has 1 unspecified atom stereocenters. The summed E-state index contributed by atoms with van der Waals surface area (Å²) in [7, 11) is 0. The second-order valence-electron chi connectivity index (χ2n) is 18.5. The summed E-state index contributed by atoms with van der Waals surface area (Å²) in [6.45, 7) is 6.49. The summed E-state index contributed by atoms with van der Waals surface area (Å²) < 4.78 is 16.8. The van der Waals surface area contributed by atoms with Gasteiger partial charge in [-0.25, -0.2) is 0 Å². The first-order valence-electron chi connectivity index (χ1n) is 27.8. The summed E-state index contributed by atoms with van der Waals surface area (Å²) in [5, 5.41) is 0. The molecule has 1 atom stereocenters. The lowest BCUT2D eigenvalue weighted by Gasteiger charge is -2.18. The first kappa shape index (κ1) is 62.1. The normalized spacial score (nSPS) is 12.5. The van der Waals surface area contributed by atoms with Crippen LogP contribution in [0.1, 0.15) is 278 Å². The van der Waals surface area contributed by atoms with Gasteiger partial charge in [0.05, 0.1) is 0 Å². The van der Waals surface area contributed by atoms with Crippen molar-refractivity contribution in [3.05, 3.63) is 60.8 Å². The molecule has 6 heteroatoms. The van der Waals surface area contributed by atoms with E-state index in [1.54, 1.807) is 0 Å². The highest BCUT2D eigenvalue weighted by Gasteiger charge is 2.19. The molecular weight excluding hydrogens is 805 g/mol. The maximum Gasteiger partial charge on any atom is 0.306 e. The van der Waals surface area contributed by atoms with Gasteiger partial charge < -0.3 is 14.2 Å². The summed E-state index contributed by atoms with van der Waals surface area (Å²) in [5.74, 6) is -0.889. The van der Waals surface area contributed by atoms with E-state index in [4.69, 9.17) is 14.2 Å². The summed E-state index contributed by atoms with van der Waals surface area (Å²) in [4.78, 5) is 38.1. The third kappa shape index (κ3) is 51.9. The van der Waals surface area contributed by atoms with Crippen LogP contribution < -0.4 is 0 Å². The first-order chi connectivity index (χ1) is 32.0. The van der Waals surface area contributed by atoms with Crippen LogP contribution in [-0.4, -0.2) is 37.2 Å². The van der Waals surface area contributed by atoms with E-state index in [1.807, 2.05) is 0 Å². The van der Waals surface area contributed by atoms with E-state index in [0.29, 0.717) is 19.3 Å². The highest BCUT2D eigenvalue weighted by Crippen LogP contribution is 2.16. The van der Waals surface area contributed by atoms with Gasteiger partial charge in [0.1, 0.15) is 13.2 Å². The van der Waals surface area contributed by atoms with Crippen LogP contribution in [0.4, 0.5) is 0 Å². The van der Waals surface area contributed by atoms with Gasteiger partial charge in [0.25, 0.3) is 0 Å². The molecule has 0 amide bonds. The van der Waals surface area contributed by atoms with Gasteiger partial charge in [-0.2, -0.15) is 0 Å². The molecule has 0 aliphatic carbocycles. The Morgan fingerprint density at radius 2 is 0.662 bits per heavy atom. The van der Waals surface area contributed by atoms with Crippen molar-refractivity contribution in [2.24, 2.45) is 0 Å². The van der Waals surface area contributed by atoms with Crippen LogP contribution in [0.25, 0.3) is 0 Å². The Hall–Kier alpha value is -2.89. The third-order valence-electron chi connectivity index (χ3n) is 12.1. The van der Waals surface area contributed by atoms with Crippen molar-refractivity contribution in [3.8, 4) is 0 Å². The van der Waals surface area contributed by atoms with Crippen LogP contribution in [0.5, 0.6) is 0 Å². The number of hydrogen-bond acceptors (Lipinski definition) is 6. The summed E-state index contributed by atoms with van der Waals surface area (Å²) in [5.41, 5.74) is 0. The predicted octanol–water partition coefficient (Wildman–Crippen LogP) is 18.4. The Kier molecular flexibility index (Phi) is 51.3. The average Bonchev–Trinajstić information content (AvgIpc) is 3.30. The quantitative estimate of drug-likeness (QED) is 0.0199. The molecular formula is C59H104O6. The number of carbonyl (C=O) groups excluding carboxylic acids is 3. The molecule has 0 fully saturated rings. The van der Waals surface area contributed by atoms with Gasteiger partial charge in [0.2, 0.25) is 0 Å². The Morgan fingerprint density at radius 3 is 1.08 bits per heavy atom. The molecule has 0 aliphatic rings. The van der Waals surface area contributed by atoms with Crippen molar-refractivity contribution >= 4 is 17.9 Å². The van der Waals surface area contributed by atoms with Crippen LogP contribution in [0, 0.1) is 0 Å². The molecule has 0 aromatic heterocycles. The van der Waals surface area contributed by atoms with Crippen molar-refractivity contribution in [3.63, 3.8) is 0 Å². The van der Waals surface area contributed by atoms with Crippen LogP contribution >= 0.6 is 0 Å². The van der Waals surface area contributed by atoms with Crippen molar-refractivity contribution in [1.29, 1.82) is 0 Å². The SMILES string of the molecule is CC\C=C/C=C\C=C/CCCCCCCCCC(=O)OC(COC(=O)CCCCCCCCC/C=C\C/C=C\CCCCC)COC(=O)CCCCCCCCCCCCCCCCC. The van der Waals surface area contributed by atoms with E-state index < -0.39 is 6.10 Å². The number of unbranched alkanes of at least 4 members (excludes halogenated alkanes) is 31. The standard InChI is InChI=1S/C59H104O6/c1-4-7-10-13-16-19-22-25-28-29-32-34-37-40-43-46-49-52-58(61)64-55-56(65-59(62)53-50-47-44-41-38-35-31-27-24-21-18-15-12-9-6-3)54-63-57(60)51-48-45-42-39-36-33-30-26-23-20-17-14-11-8-5-2/h9,12,15-16,18-19,21,24-25,28,56H,4-8,10-11,13-14,17,20,22-23,26-27,29-55H2,1-3H3/b12-9-,18-15-,19-16-,24-21-,28-25-. The molecule has 0 N–H and O–H groups in total. The minimum atomic E-state index is -0.782. The third-order valence-corrected chi connectivity index (χ3v) is 12.1. The molecule has 0 saturated heterocycles. The summed E-state index contributed by atoms with van der Waals surface area (Å²) >= 11 is 0. The van der Waals surface area contributed by atoms with E-state index >= 15 is 0 Å². The minimum Gasteiger partial charge on any atom is -0.462 e. The second kappa shape index (κ2) is 53.7. The van der Waals surface area contributed by atoms with E-state index in [1.165, 1.54) is 154 Å². The Bertz CT molecular complexity index is 1180. The molecule has 0 bridgehead atoms. The topological polar surface area (TPSA) is 78.9 Å². The van der Waals surface area contributed by atoms with Crippen LogP contribution in [0.2, 0.25) is 0 Å². The van der Waals surface area contributed by atoms with Gasteiger partial charge in [-0.05, 0) is 70.6 Å². The van der Waals surface area contributed by atoms with Gasteiger partial charge in [0, 0.05) is 19.3 Å². The van der Waals surface area contributed by atoms with Crippen molar-refractivity contribution < 1.29 is 28.6 Å². The zero-order valence-electron chi connectivity index (χ0n) is 43.0. The molecule has 0 radical (unpaired) electrons. The molecule has 0 spiro atoms. The summed E-state index contributed by atoms with van der Waals surface area (Å²) in [6.07, 6.45) is 66.3. The largest absolute Gasteiger partial charge is 0.462 e. The predicted molar refractivity (Wildman–Crippen MR) is 279 cm³/mol. The average molecular weight is 909 g/mol. The van der Waals surface area contributed by atoms with E-state index in [0.717, 1.165) is 83.5 Å². The first-order valence-corrected chi connectivity index (χ1v) is 27.8. The monoisotopic (exact) mass is 909 g/mol. The van der Waals surface area contributed by atoms with Crippen molar-refractivity contribution in [2.45, 2.75) is 284 Å². The smallest absolute Gasteiger partial charge is 0.306 e. The zero-order chi connectivity index (χ0) is 47.2. The van der Waals surface area contributed by atoms with Crippen LogP contribution in [-0.2, 0) is 28.6 Å². The fourth-order valence-electron chi connectivity index (χ4n) is 7.89. The van der Waals surface area contributed by atoms with E-state index in [9.17, 15) is 14.4 Å². The molecule has 376 valence electrons. The zero-order valence-corrected chi connectivity index (χ0v) is 43.0. The van der Waals surface area contributed by atoms with E-state index in [-0.39, 0.29) is 31.1 Å². The van der Waals surface area contributed by atoms with Gasteiger partial charge >= 0.3 is 17.9 Å². The lowest BCUT2D eigenvalue weighted by Crippen LogP contribution is -2.30. The maximum atomic E-state index is 12.8. The number of hydrogen-bond donors (Lipinski definition) is 0. The molecule has 0 aromatic rings. The Balaban J connectivity index is 4.38. The number of ether oxygens (including phenoxy) is 3. The highest BCUT2D eigenvalue weighted by molar-refractivity contribution is 5.71. The van der Waals surface area contributed by atoms with E-state index in [2.05, 4.69) is 81.5 Å². The highest BCUT2D eigenvalue weighted by atomic mass is 16.6. The van der Waals surface area contributed by atoms with Crippen LogP contribution in [0.15, 0.2) is 60.8 Å². The molecule has 6 nitrogen and oxygen atoms in total. The fourth-order valence-corrected chi connectivity index (χ4v) is 7.89. The molecule has 0 aliphatic heterocycles. The lowest BCUT2D eigenvalue weighted by molar-refractivity contribution is -0.167. The molecule has 0 aromatic carbocycles. The number of esters is 3.